The SMILES string of the molecule is CCN1CCN(C(c2ccc(C)cc2)c2ccccn2)CC1.CCNC. The molecule has 142 valence electrons. The Hall–Kier alpha value is -1.75. The minimum absolute atomic E-state index is 0.265. The fourth-order valence-corrected chi connectivity index (χ4v) is 3.19. The molecule has 1 aromatic carbocycles. The monoisotopic (exact) mass is 354 g/mol. The first kappa shape index (κ1) is 20.6. The maximum Gasteiger partial charge on any atom is 0.0777 e. The van der Waals surface area contributed by atoms with Crippen LogP contribution in [-0.4, -0.2) is 61.1 Å². The van der Waals surface area contributed by atoms with E-state index in [-0.39, 0.29) is 6.04 Å². The zero-order chi connectivity index (χ0) is 18.8. The second kappa shape index (κ2) is 11.1. The Morgan fingerprint density at radius 1 is 1.00 bits per heavy atom. The molecule has 1 N–H and O–H groups in total. The number of hydrogen-bond donors (Lipinski definition) is 1. The van der Waals surface area contributed by atoms with Gasteiger partial charge >= 0.3 is 0 Å². The number of benzene rings is 1. The van der Waals surface area contributed by atoms with E-state index in [0.29, 0.717) is 0 Å². The Kier molecular flexibility index (Phi) is 8.75. The van der Waals surface area contributed by atoms with Crippen molar-refractivity contribution in [2.45, 2.75) is 26.8 Å². The molecule has 1 aromatic heterocycles. The van der Waals surface area contributed by atoms with Crippen LogP contribution in [0.1, 0.15) is 36.7 Å². The van der Waals surface area contributed by atoms with Gasteiger partial charge < -0.3 is 10.2 Å². The first-order valence-corrected chi connectivity index (χ1v) is 9.78. The summed E-state index contributed by atoms with van der Waals surface area (Å²) in [5, 5.41) is 2.93. The lowest BCUT2D eigenvalue weighted by atomic mass is 9.99. The highest BCUT2D eigenvalue weighted by atomic mass is 15.3. The topological polar surface area (TPSA) is 31.4 Å². The Morgan fingerprint density at radius 3 is 2.15 bits per heavy atom. The first-order chi connectivity index (χ1) is 12.7. The van der Waals surface area contributed by atoms with Crippen molar-refractivity contribution in [1.29, 1.82) is 0 Å². The van der Waals surface area contributed by atoms with Gasteiger partial charge in [0.25, 0.3) is 0 Å². The Bertz CT molecular complexity index is 602. The lowest BCUT2D eigenvalue weighted by Gasteiger charge is -2.39. The number of nitrogens with one attached hydrogen (secondary N) is 1. The van der Waals surface area contributed by atoms with E-state index in [0.717, 1.165) is 45.0 Å². The highest BCUT2D eigenvalue weighted by Crippen LogP contribution is 2.28. The molecule has 1 atom stereocenters. The van der Waals surface area contributed by atoms with Crippen LogP contribution in [-0.2, 0) is 0 Å². The summed E-state index contributed by atoms with van der Waals surface area (Å²) >= 11 is 0. The number of nitrogens with zero attached hydrogens (tertiary/aromatic N) is 3. The van der Waals surface area contributed by atoms with E-state index in [2.05, 4.69) is 77.3 Å². The molecule has 1 aliphatic rings. The van der Waals surface area contributed by atoms with Crippen molar-refractivity contribution in [2.75, 3.05) is 46.3 Å². The molecular weight excluding hydrogens is 320 g/mol. The van der Waals surface area contributed by atoms with E-state index < -0.39 is 0 Å². The normalized spacial score (nSPS) is 16.6. The van der Waals surface area contributed by atoms with E-state index in [9.17, 15) is 0 Å². The number of pyridine rings is 1. The fraction of sp³-hybridized carbons (Fsp3) is 0.500. The third kappa shape index (κ3) is 5.90. The van der Waals surface area contributed by atoms with E-state index in [1.165, 1.54) is 11.1 Å². The quantitative estimate of drug-likeness (QED) is 0.892. The number of likely N-dealkylation sites (N-methyl/N-ethyl adjacent to an activating group) is 1. The minimum Gasteiger partial charge on any atom is -0.320 e. The van der Waals surface area contributed by atoms with Crippen LogP contribution in [0.25, 0.3) is 0 Å². The van der Waals surface area contributed by atoms with Crippen LogP contribution in [0.4, 0.5) is 0 Å². The molecule has 0 saturated carbocycles. The smallest absolute Gasteiger partial charge is 0.0777 e. The Morgan fingerprint density at radius 2 is 1.65 bits per heavy atom. The number of aryl methyl sites for hydroxylation is 1. The van der Waals surface area contributed by atoms with Crippen molar-refractivity contribution < 1.29 is 0 Å². The lowest BCUT2D eigenvalue weighted by molar-refractivity contribution is 0.112. The van der Waals surface area contributed by atoms with E-state index in [4.69, 9.17) is 0 Å². The lowest BCUT2D eigenvalue weighted by Crippen LogP contribution is -2.47. The van der Waals surface area contributed by atoms with Gasteiger partial charge in [0, 0.05) is 32.4 Å². The molecule has 2 heterocycles. The molecular formula is C22H34N4. The summed E-state index contributed by atoms with van der Waals surface area (Å²) in [4.78, 5) is 9.72. The summed E-state index contributed by atoms with van der Waals surface area (Å²) in [6.07, 6.45) is 1.90. The zero-order valence-corrected chi connectivity index (χ0v) is 16.8. The highest BCUT2D eigenvalue weighted by Gasteiger charge is 2.26. The zero-order valence-electron chi connectivity index (χ0n) is 16.8. The second-order valence-corrected chi connectivity index (χ2v) is 6.75. The molecule has 0 aliphatic carbocycles. The van der Waals surface area contributed by atoms with Gasteiger partial charge in [-0.15, -0.1) is 0 Å². The number of hydrogen-bond acceptors (Lipinski definition) is 4. The third-order valence-electron chi connectivity index (χ3n) is 4.93. The molecule has 3 rings (SSSR count). The summed E-state index contributed by atoms with van der Waals surface area (Å²) in [7, 11) is 1.93. The van der Waals surface area contributed by atoms with Gasteiger partial charge in [-0.25, -0.2) is 0 Å². The van der Waals surface area contributed by atoms with Gasteiger partial charge in [0.05, 0.1) is 11.7 Å². The van der Waals surface area contributed by atoms with Crippen LogP contribution in [0.15, 0.2) is 48.7 Å². The van der Waals surface area contributed by atoms with Gasteiger partial charge in [0.1, 0.15) is 0 Å². The molecule has 4 nitrogen and oxygen atoms in total. The molecule has 0 amide bonds. The van der Waals surface area contributed by atoms with E-state index in [1.54, 1.807) is 0 Å². The largest absolute Gasteiger partial charge is 0.320 e. The predicted octanol–water partition coefficient (Wildman–Crippen LogP) is 3.34. The van der Waals surface area contributed by atoms with Crippen molar-refractivity contribution in [1.82, 2.24) is 20.1 Å². The van der Waals surface area contributed by atoms with Gasteiger partial charge in [-0.1, -0.05) is 49.7 Å². The van der Waals surface area contributed by atoms with E-state index >= 15 is 0 Å². The van der Waals surface area contributed by atoms with Crippen LogP contribution >= 0.6 is 0 Å². The van der Waals surface area contributed by atoms with Gasteiger partial charge in [0.2, 0.25) is 0 Å². The summed E-state index contributed by atoms with van der Waals surface area (Å²) < 4.78 is 0. The van der Waals surface area contributed by atoms with Gasteiger partial charge in [-0.05, 0) is 44.8 Å². The standard InChI is InChI=1S/C19H25N3.C3H9N/c1-3-21-12-14-22(15-13-21)19(18-6-4-5-11-20-18)17-9-7-16(2)8-10-17;1-3-4-2/h4-11,19H,3,12-15H2,1-2H3;4H,3H2,1-2H3. The number of rotatable bonds is 5. The molecule has 0 spiro atoms. The molecule has 2 aromatic rings. The average Bonchev–Trinajstić information content (AvgIpc) is 2.71. The summed E-state index contributed by atoms with van der Waals surface area (Å²) in [5.41, 5.74) is 3.80. The van der Waals surface area contributed by atoms with Gasteiger partial charge in [-0.2, -0.15) is 0 Å². The van der Waals surface area contributed by atoms with Gasteiger partial charge in [-0.3, -0.25) is 9.88 Å². The Labute approximate surface area is 159 Å². The third-order valence-corrected chi connectivity index (χ3v) is 4.93. The van der Waals surface area contributed by atoms with Crippen LogP contribution in [0, 0.1) is 6.92 Å². The predicted molar refractivity (Wildman–Crippen MR) is 111 cm³/mol. The molecule has 0 radical (unpaired) electrons. The fourth-order valence-electron chi connectivity index (χ4n) is 3.19. The molecule has 26 heavy (non-hydrogen) atoms. The maximum absolute atomic E-state index is 4.64. The molecule has 1 saturated heterocycles. The molecule has 4 heteroatoms. The molecule has 1 fully saturated rings. The first-order valence-electron chi connectivity index (χ1n) is 9.78. The average molecular weight is 355 g/mol. The van der Waals surface area contributed by atoms with Crippen LogP contribution in [0.3, 0.4) is 0 Å². The van der Waals surface area contributed by atoms with E-state index in [1.807, 2.05) is 19.3 Å². The second-order valence-electron chi connectivity index (χ2n) is 6.75. The van der Waals surface area contributed by atoms with Gasteiger partial charge in [0.15, 0.2) is 0 Å². The molecule has 0 bridgehead atoms. The summed E-state index contributed by atoms with van der Waals surface area (Å²) in [6.45, 7) is 13.2. The van der Waals surface area contributed by atoms with Crippen molar-refractivity contribution in [2.24, 2.45) is 0 Å². The summed E-state index contributed by atoms with van der Waals surface area (Å²) in [5.74, 6) is 0. The van der Waals surface area contributed by atoms with Crippen molar-refractivity contribution in [3.05, 3.63) is 65.5 Å². The van der Waals surface area contributed by atoms with Crippen LogP contribution < -0.4 is 5.32 Å². The summed E-state index contributed by atoms with van der Waals surface area (Å²) in [6, 6.07) is 15.4. The van der Waals surface area contributed by atoms with Crippen LogP contribution in [0.5, 0.6) is 0 Å². The van der Waals surface area contributed by atoms with Crippen molar-refractivity contribution >= 4 is 0 Å². The van der Waals surface area contributed by atoms with Crippen molar-refractivity contribution in [3.63, 3.8) is 0 Å². The highest BCUT2D eigenvalue weighted by molar-refractivity contribution is 5.30. The number of aromatic nitrogens is 1. The maximum atomic E-state index is 4.64. The minimum atomic E-state index is 0.265. The Balaban J connectivity index is 0.000000552. The molecule has 1 unspecified atom stereocenters. The molecule has 1 aliphatic heterocycles. The number of piperazine rings is 1. The van der Waals surface area contributed by atoms with Crippen molar-refractivity contribution in [3.8, 4) is 0 Å². The van der Waals surface area contributed by atoms with Crippen LogP contribution in [0.2, 0.25) is 0 Å².